The summed E-state index contributed by atoms with van der Waals surface area (Å²) in [5, 5.41) is 0. The lowest BCUT2D eigenvalue weighted by atomic mass is 10.2. The third kappa shape index (κ3) is 5.86. The summed E-state index contributed by atoms with van der Waals surface area (Å²) in [7, 11) is -3.69. The zero-order valence-electron chi connectivity index (χ0n) is 11.0. The summed E-state index contributed by atoms with van der Waals surface area (Å²) >= 11 is 0. The highest BCUT2D eigenvalue weighted by atomic mass is 35.5. The SMILES string of the molecule is CCCC(N)CNS(=O)(=O)c1cc(C)cc(F)c1.Cl. The zero-order valence-corrected chi connectivity index (χ0v) is 12.7. The van der Waals surface area contributed by atoms with E-state index in [0.717, 1.165) is 18.9 Å². The van der Waals surface area contributed by atoms with Crippen molar-refractivity contribution < 1.29 is 12.8 Å². The zero-order chi connectivity index (χ0) is 13.8. The average Bonchev–Trinajstić information content (AvgIpc) is 2.26. The molecule has 0 amide bonds. The van der Waals surface area contributed by atoms with Crippen LogP contribution in [0.5, 0.6) is 0 Å². The van der Waals surface area contributed by atoms with E-state index in [4.69, 9.17) is 5.73 Å². The minimum absolute atomic E-state index is 0. The van der Waals surface area contributed by atoms with Gasteiger partial charge in [-0.25, -0.2) is 17.5 Å². The first-order chi connectivity index (χ1) is 8.35. The molecular formula is C12H20ClFN2O2S. The standard InChI is InChI=1S/C12H19FN2O2S.ClH/c1-3-4-11(14)8-15-18(16,17)12-6-9(2)5-10(13)7-12;/h5-7,11,15H,3-4,8,14H2,1-2H3;1H. The molecule has 0 spiro atoms. The van der Waals surface area contributed by atoms with Gasteiger partial charge in [0.15, 0.2) is 0 Å². The van der Waals surface area contributed by atoms with Crippen molar-refractivity contribution >= 4 is 22.4 Å². The van der Waals surface area contributed by atoms with Crippen LogP contribution < -0.4 is 10.5 Å². The molecule has 0 aliphatic carbocycles. The lowest BCUT2D eigenvalue weighted by Gasteiger charge is -2.12. The fraction of sp³-hybridized carbons (Fsp3) is 0.500. The Hall–Kier alpha value is -0.690. The molecule has 110 valence electrons. The minimum atomic E-state index is -3.69. The predicted molar refractivity (Wildman–Crippen MR) is 76.5 cm³/mol. The van der Waals surface area contributed by atoms with Crippen LogP contribution in [0.3, 0.4) is 0 Å². The second-order valence-electron chi connectivity index (χ2n) is 4.36. The van der Waals surface area contributed by atoms with Gasteiger partial charge in [0.25, 0.3) is 0 Å². The molecule has 4 nitrogen and oxygen atoms in total. The molecule has 0 heterocycles. The van der Waals surface area contributed by atoms with Crippen LogP contribution in [0.2, 0.25) is 0 Å². The highest BCUT2D eigenvalue weighted by molar-refractivity contribution is 7.89. The highest BCUT2D eigenvalue weighted by Gasteiger charge is 2.16. The summed E-state index contributed by atoms with van der Waals surface area (Å²) in [6.45, 7) is 3.78. The summed E-state index contributed by atoms with van der Waals surface area (Å²) < 4.78 is 39.4. The molecule has 0 saturated heterocycles. The maximum Gasteiger partial charge on any atom is 0.240 e. The molecule has 0 bridgehead atoms. The Kier molecular flexibility index (Phi) is 7.51. The molecule has 19 heavy (non-hydrogen) atoms. The second-order valence-corrected chi connectivity index (χ2v) is 6.13. The summed E-state index contributed by atoms with van der Waals surface area (Å²) in [5.41, 5.74) is 6.29. The van der Waals surface area contributed by atoms with Gasteiger partial charge in [-0.3, -0.25) is 0 Å². The van der Waals surface area contributed by atoms with E-state index in [-0.39, 0.29) is 29.9 Å². The quantitative estimate of drug-likeness (QED) is 0.843. The van der Waals surface area contributed by atoms with Crippen LogP contribution in [-0.4, -0.2) is 21.0 Å². The molecule has 7 heteroatoms. The van der Waals surface area contributed by atoms with E-state index in [1.54, 1.807) is 6.92 Å². The number of rotatable bonds is 6. The summed E-state index contributed by atoms with van der Waals surface area (Å²) in [4.78, 5) is -0.0660. The largest absolute Gasteiger partial charge is 0.327 e. The van der Waals surface area contributed by atoms with Crippen molar-refractivity contribution in [2.45, 2.75) is 37.6 Å². The summed E-state index contributed by atoms with van der Waals surface area (Å²) in [6, 6.07) is 3.48. The van der Waals surface area contributed by atoms with Gasteiger partial charge < -0.3 is 5.73 Å². The van der Waals surface area contributed by atoms with Crippen molar-refractivity contribution in [3.8, 4) is 0 Å². The van der Waals surface area contributed by atoms with Gasteiger partial charge in [-0.2, -0.15) is 0 Å². The Morgan fingerprint density at radius 3 is 2.53 bits per heavy atom. The van der Waals surface area contributed by atoms with Gasteiger partial charge in [0.05, 0.1) is 4.90 Å². The van der Waals surface area contributed by atoms with Crippen LogP contribution in [0.4, 0.5) is 4.39 Å². The average molecular weight is 311 g/mol. The van der Waals surface area contributed by atoms with Gasteiger partial charge in [-0.1, -0.05) is 13.3 Å². The van der Waals surface area contributed by atoms with Crippen molar-refractivity contribution in [3.05, 3.63) is 29.6 Å². The number of nitrogens with one attached hydrogen (secondary N) is 1. The van der Waals surface area contributed by atoms with E-state index in [9.17, 15) is 12.8 Å². The number of nitrogens with two attached hydrogens (primary N) is 1. The highest BCUT2D eigenvalue weighted by Crippen LogP contribution is 2.13. The Morgan fingerprint density at radius 2 is 2.00 bits per heavy atom. The van der Waals surface area contributed by atoms with Gasteiger partial charge in [0.1, 0.15) is 5.82 Å². The van der Waals surface area contributed by atoms with Crippen LogP contribution in [0, 0.1) is 12.7 Å². The van der Waals surface area contributed by atoms with Gasteiger partial charge in [0.2, 0.25) is 10.0 Å². The molecule has 0 aromatic heterocycles. The Balaban J connectivity index is 0.00000324. The lowest BCUT2D eigenvalue weighted by molar-refractivity contribution is 0.551. The molecule has 1 rings (SSSR count). The first-order valence-corrected chi connectivity index (χ1v) is 7.36. The lowest BCUT2D eigenvalue weighted by Crippen LogP contribution is -2.37. The Morgan fingerprint density at radius 1 is 1.37 bits per heavy atom. The molecule has 3 N–H and O–H groups in total. The molecule has 0 fully saturated rings. The van der Waals surface area contributed by atoms with Gasteiger partial charge >= 0.3 is 0 Å². The van der Waals surface area contributed by atoms with Crippen LogP contribution >= 0.6 is 12.4 Å². The van der Waals surface area contributed by atoms with Crippen LogP contribution in [0.1, 0.15) is 25.3 Å². The van der Waals surface area contributed by atoms with Crippen molar-refractivity contribution in [1.29, 1.82) is 0 Å². The molecule has 0 aliphatic rings. The van der Waals surface area contributed by atoms with Gasteiger partial charge in [-0.05, 0) is 37.1 Å². The fourth-order valence-corrected chi connectivity index (χ4v) is 2.84. The Labute approximate surface area is 120 Å². The monoisotopic (exact) mass is 310 g/mol. The normalized spacial score (nSPS) is 12.8. The minimum Gasteiger partial charge on any atom is -0.327 e. The van der Waals surface area contributed by atoms with Crippen molar-refractivity contribution in [3.63, 3.8) is 0 Å². The third-order valence-electron chi connectivity index (χ3n) is 2.52. The number of hydrogen-bond acceptors (Lipinski definition) is 3. The van der Waals surface area contributed by atoms with Gasteiger partial charge in [-0.15, -0.1) is 12.4 Å². The molecule has 1 unspecified atom stereocenters. The number of hydrogen-bond donors (Lipinski definition) is 2. The van der Waals surface area contributed by atoms with E-state index < -0.39 is 15.8 Å². The molecule has 0 aliphatic heterocycles. The molecule has 0 saturated carbocycles. The van der Waals surface area contributed by atoms with Crippen molar-refractivity contribution in [1.82, 2.24) is 4.72 Å². The van der Waals surface area contributed by atoms with Gasteiger partial charge in [0, 0.05) is 12.6 Å². The first-order valence-electron chi connectivity index (χ1n) is 5.87. The molecule has 1 aromatic carbocycles. The summed E-state index contributed by atoms with van der Waals surface area (Å²) in [6.07, 6.45) is 1.63. The number of benzene rings is 1. The number of aryl methyl sites for hydroxylation is 1. The number of sulfonamides is 1. The van der Waals surface area contributed by atoms with Crippen LogP contribution in [-0.2, 0) is 10.0 Å². The maximum atomic E-state index is 13.2. The summed E-state index contributed by atoms with van der Waals surface area (Å²) in [5.74, 6) is -0.562. The topological polar surface area (TPSA) is 72.2 Å². The Bertz CT molecular complexity index is 488. The first kappa shape index (κ1) is 18.3. The predicted octanol–water partition coefficient (Wildman–Crippen LogP) is 1.96. The van der Waals surface area contributed by atoms with Crippen molar-refractivity contribution in [2.75, 3.05) is 6.54 Å². The molecule has 1 aromatic rings. The third-order valence-corrected chi connectivity index (χ3v) is 3.92. The van der Waals surface area contributed by atoms with E-state index in [0.29, 0.717) is 5.56 Å². The molecular weight excluding hydrogens is 291 g/mol. The van der Waals surface area contributed by atoms with E-state index in [1.807, 2.05) is 6.92 Å². The smallest absolute Gasteiger partial charge is 0.240 e. The van der Waals surface area contributed by atoms with E-state index in [1.165, 1.54) is 12.1 Å². The molecule has 0 radical (unpaired) electrons. The molecule has 1 atom stereocenters. The van der Waals surface area contributed by atoms with Crippen LogP contribution in [0.15, 0.2) is 23.1 Å². The second kappa shape index (κ2) is 7.79. The van der Waals surface area contributed by atoms with Crippen LogP contribution in [0.25, 0.3) is 0 Å². The fourth-order valence-electron chi connectivity index (χ4n) is 1.63. The van der Waals surface area contributed by atoms with E-state index >= 15 is 0 Å². The maximum absolute atomic E-state index is 13.2. The van der Waals surface area contributed by atoms with E-state index in [2.05, 4.69) is 4.72 Å². The van der Waals surface area contributed by atoms with Crippen molar-refractivity contribution in [2.24, 2.45) is 5.73 Å². The number of halogens is 2.